The summed E-state index contributed by atoms with van der Waals surface area (Å²) in [4.78, 5) is 1.45. The van der Waals surface area contributed by atoms with Crippen molar-refractivity contribution in [3.8, 4) is 5.75 Å². The molecule has 0 amide bonds. The van der Waals surface area contributed by atoms with Gasteiger partial charge in [0.05, 0.1) is 0 Å². The standard InChI is InChI=1S/C14H14OS.C9H12F4O3S/c15-13-7-8-14(16-9-3-4-10-16)12-6-2-1-5-11(12)13;10-8(11,9(12,13)17(14,15)16)7-4-5-1-2-6(7)3-5/h1-2,5-8H,3-4,9-10H2;5-7H,1-4H2,(H,14,15,16). The van der Waals surface area contributed by atoms with Crippen molar-refractivity contribution < 1.29 is 35.6 Å². The average Bonchev–Trinajstić information content (AvgIpc) is 3.52. The van der Waals surface area contributed by atoms with Crippen molar-refractivity contribution in [3.63, 3.8) is 0 Å². The Balaban J connectivity index is 0.000000157. The Morgan fingerprint density at radius 3 is 2.12 bits per heavy atom. The van der Waals surface area contributed by atoms with Gasteiger partial charge in [-0.25, -0.2) is 8.42 Å². The minimum atomic E-state index is -6.35. The molecule has 5 rings (SSSR count). The smallest absolute Gasteiger partial charge is 0.396 e. The van der Waals surface area contributed by atoms with Gasteiger partial charge in [-0.3, -0.25) is 0 Å². The average molecular weight is 507 g/mol. The van der Waals surface area contributed by atoms with Crippen molar-refractivity contribution in [1.29, 1.82) is 0 Å². The number of fused-ring (bicyclic) bond motifs is 3. The number of benzene rings is 2. The van der Waals surface area contributed by atoms with E-state index in [0.717, 1.165) is 5.39 Å². The summed E-state index contributed by atoms with van der Waals surface area (Å²) in [6, 6.07) is 12.2. The lowest BCUT2D eigenvalue weighted by Crippen LogP contribution is -2.52. The van der Waals surface area contributed by atoms with Gasteiger partial charge < -0.3 is 9.66 Å². The van der Waals surface area contributed by atoms with Crippen molar-refractivity contribution >= 4 is 31.8 Å². The Labute approximate surface area is 193 Å². The highest BCUT2D eigenvalue weighted by Crippen LogP contribution is 2.58. The first-order valence-corrected chi connectivity index (χ1v) is 14.0. The van der Waals surface area contributed by atoms with Crippen molar-refractivity contribution in [3.05, 3.63) is 36.4 Å². The number of alkyl halides is 4. The summed E-state index contributed by atoms with van der Waals surface area (Å²) < 4.78 is 84.0. The second-order valence-corrected chi connectivity index (χ2v) is 12.8. The van der Waals surface area contributed by atoms with E-state index in [0.29, 0.717) is 35.9 Å². The molecule has 1 N–H and O–H groups in total. The first kappa shape index (κ1) is 24.6. The number of phenolic OH excluding ortho intramolecular Hbond substituents is 1. The highest BCUT2D eigenvalue weighted by Gasteiger charge is 2.68. The molecule has 2 aromatic rings. The van der Waals surface area contributed by atoms with Gasteiger partial charge in [0.2, 0.25) is 0 Å². The number of hydrogen-bond acceptors (Lipinski definition) is 4. The molecule has 3 atom stereocenters. The van der Waals surface area contributed by atoms with E-state index in [1.54, 1.807) is 0 Å². The second-order valence-electron chi connectivity index (χ2n) is 9.11. The van der Waals surface area contributed by atoms with Crippen LogP contribution in [0.1, 0.15) is 38.5 Å². The summed E-state index contributed by atoms with van der Waals surface area (Å²) in [6.07, 6.45) is 4.14. The van der Waals surface area contributed by atoms with Crippen LogP contribution in [0.5, 0.6) is 5.75 Å². The first-order valence-electron chi connectivity index (χ1n) is 11.0. The van der Waals surface area contributed by atoms with Gasteiger partial charge in [0.1, 0.15) is 17.3 Å². The molecule has 1 aliphatic heterocycles. The van der Waals surface area contributed by atoms with Crippen LogP contribution in [0, 0.1) is 17.8 Å². The summed E-state index contributed by atoms with van der Waals surface area (Å²) in [5.41, 5.74) is 0. The highest BCUT2D eigenvalue weighted by molar-refractivity contribution is 7.97. The molecule has 2 saturated carbocycles. The minimum Gasteiger partial charge on any atom is -0.743 e. The first-order chi connectivity index (χ1) is 15.4. The van der Waals surface area contributed by atoms with E-state index in [4.69, 9.17) is 0 Å². The van der Waals surface area contributed by atoms with Crippen LogP contribution in [0.15, 0.2) is 41.3 Å². The molecule has 3 aliphatic rings. The summed E-state index contributed by atoms with van der Waals surface area (Å²) in [6.45, 7) is 0. The van der Waals surface area contributed by atoms with Crippen LogP contribution in [-0.4, -0.2) is 40.8 Å². The fraction of sp³-hybridized carbons (Fsp3) is 0.565. The van der Waals surface area contributed by atoms with Crippen LogP contribution in [-0.2, 0) is 21.0 Å². The van der Waals surface area contributed by atoms with Gasteiger partial charge in [0.15, 0.2) is 15.0 Å². The normalized spacial score (nSPS) is 25.9. The van der Waals surface area contributed by atoms with Gasteiger partial charge in [-0.1, -0.05) is 24.6 Å². The molecule has 2 aromatic carbocycles. The number of hydrogen-bond donors (Lipinski definition) is 1. The molecule has 33 heavy (non-hydrogen) atoms. The topological polar surface area (TPSA) is 77.4 Å². The molecular weight excluding hydrogens is 480 g/mol. The molecule has 0 spiro atoms. The van der Waals surface area contributed by atoms with Gasteiger partial charge in [0.25, 0.3) is 0 Å². The minimum absolute atomic E-state index is 0.0407. The molecule has 3 fully saturated rings. The van der Waals surface area contributed by atoms with Crippen molar-refractivity contribution in [2.24, 2.45) is 17.8 Å². The lowest BCUT2D eigenvalue weighted by Gasteiger charge is -2.36. The fourth-order valence-electron chi connectivity index (χ4n) is 5.45. The molecule has 0 aromatic heterocycles. The highest BCUT2D eigenvalue weighted by atomic mass is 32.2. The SMILES string of the molecule is O=S(=O)([O-])C(F)(F)C(F)(F)C1CC2CCC1C2.Oc1ccc([S+]2CCCC2)c2ccccc12. The Hall–Kier alpha value is -1.52. The molecule has 1 saturated heterocycles. The zero-order valence-electron chi connectivity index (χ0n) is 17.9. The molecule has 2 aliphatic carbocycles. The van der Waals surface area contributed by atoms with Crippen molar-refractivity contribution in [2.75, 3.05) is 11.5 Å². The van der Waals surface area contributed by atoms with Gasteiger partial charge in [-0.2, -0.15) is 17.6 Å². The van der Waals surface area contributed by atoms with Crippen molar-refractivity contribution in [1.82, 2.24) is 0 Å². The number of phenols is 1. The molecule has 4 nitrogen and oxygen atoms in total. The Morgan fingerprint density at radius 1 is 0.939 bits per heavy atom. The zero-order valence-corrected chi connectivity index (χ0v) is 19.5. The zero-order chi connectivity index (χ0) is 24.0. The summed E-state index contributed by atoms with van der Waals surface area (Å²) in [7, 11) is -5.93. The molecule has 2 bridgehead atoms. The third kappa shape index (κ3) is 4.46. The van der Waals surface area contributed by atoms with Gasteiger partial charge in [0, 0.05) is 27.6 Å². The van der Waals surface area contributed by atoms with E-state index in [1.807, 2.05) is 18.2 Å². The summed E-state index contributed by atoms with van der Waals surface area (Å²) >= 11 is 0. The largest absolute Gasteiger partial charge is 0.743 e. The Kier molecular flexibility index (Phi) is 6.65. The van der Waals surface area contributed by atoms with E-state index in [9.17, 15) is 35.6 Å². The van der Waals surface area contributed by atoms with Crippen LogP contribution in [0.2, 0.25) is 0 Å². The van der Waals surface area contributed by atoms with Gasteiger partial charge in [-0.15, -0.1) is 0 Å². The number of rotatable bonds is 4. The lowest BCUT2D eigenvalue weighted by atomic mass is 9.84. The van der Waals surface area contributed by atoms with E-state index >= 15 is 0 Å². The summed E-state index contributed by atoms with van der Waals surface area (Å²) in [5.74, 6) is -4.04. The third-order valence-electron chi connectivity index (χ3n) is 7.11. The maximum absolute atomic E-state index is 13.5. The maximum Gasteiger partial charge on any atom is 0.396 e. The number of halogens is 4. The third-order valence-corrected chi connectivity index (χ3v) is 10.6. The van der Waals surface area contributed by atoms with E-state index in [2.05, 4.69) is 18.2 Å². The lowest BCUT2D eigenvalue weighted by molar-refractivity contribution is -0.202. The van der Waals surface area contributed by atoms with Gasteiger partial charge >= 0.3 is 11.2 Å². The van der Waals surface area contributed by atoms with Crippen LogP contribution in [0.25, 0.3) is 10.8 Å². The molecule has 10 heteroatoms. The molecular formula is C23H26F4O4S2. The van der Waals surface area contributed by atoms with Gasteiger partial charge in [-0.05, 0) is 62.1 Å². The maximum atomic E-state index is 13.5. The predicted molar refractivity (Wildman–Crippen MR) is 119 cm³/mol. The molecule has 1 heterocycles. The fourth-order valence-corrected chi connectivity index (χ4v) is 8.44. The molecule has 3 unspecified atom stereocenters. The van der Waals surface area contributed by atoms with Crippen molar-refractivity contribution in [2.45, 2.75) is 54.6 Å². The van der Waals surface area contributed by atoms with E-state index in [1.165, 1.54) is 34.6 Å². The quantitative estimate of drug-likeness (QED) is 0.337. The molecule has 0 radical (unpaired) electrons. The summed E-state index contributed by atoms with van der Waals surface area (Å²) in [5, 5.41) is 6.57. The van der Waals surface area contributed by atoms with Crippen LogP contribution < -0.4 is 0 Å². The Morgan fingerprint density at radius 2 is 1.58 bits per heavy atom. The second kappa shape index (κ2) is 8.92. The van der Waals surface area contributed by atoms with E-state index in [-0.39, 0.29) is 12.3 Å². The van der Waals surface area contributed by atoms with Crippen LogP contribution >= 0.6 is 0 Å². The Bertz CT molecular complexity index is 1120. The predicted octanol–water partition coefficient (Wildman–Crippen LogP) is 5.51. The van der Waals surface area contributed by atoms with E-state index < -0.39 is 33.1 Å². The monoisotopic (exact) mass is 506 g/mol. The van der Waals surface area contributed by atoms with Crippen LogP contribution in [0.3, 0.4) is 0 Å². The molecule has 182 valence electrons. The number of aromatic hydroxyl groups is 1. The van der Waals surface area contributed by atoms with Crippen LogP contribution in [0.4, 0.5) is 17.6 Å².